The van der Waals surface area contributed by atoms with E-state index in [0.29, 0.717) is 5.41 Å². The first-order valence-electron chi connectivity index (χ1n) is 10.0. The number of allylic oxidation sites excluding steroid dienone is 1. The normalized spacial score (nSPS) is 48.1. The fraction of sp³-hybridized carbons (Fsp3) is 0.905. The summed E-state index contributed by atoms with van der Waals surface area (Å²) < 4.78 is 0. The van der Waals surface area contributed by atoms with Crippen molar-refractivity contribution in [3.05, 3.63) is 12.2 Å². The molecule has 0 aliphatic heterocycles. The molecule has 1 heteroatoms. The lowest BCUT2D eigenvalue weighted by Gasteiger charge is -2.26. The summed E-state index contributed by atoms with van der Waals surface area (Å²) in [5, 5.41) is 0. The topological polar surface area (TPSA) is 26.0 Å². The number of nitrogens with two attached hydrogens (primary N) is 1. The van der Waals surface area contributed by atoms with Crippen LogP contribution in [0.25, 0.3) is 0 Å². The Kier molecular flexibility index (Phi) is 3.92. The van der Waals surface area contributed by atoms with E-state index in [4.69, 9.17) is 5.73 Å². The van der Waals surface area contributed by atoms with Crippen LogP contribution in [-0.2, 0) is 0 Å². The van der Waals surface area contributed by atoms with E-state index in [9.17, 15) is 0 Å². The molecule has 4 aliphatic rings. The van der Waals surface area contributed by atoms with Crippen LogP contribution in [-0.4, -0.2) is 6.54 Å². The second kappa shape index (κ2) is 5.65. The summed E-state index contributed by atoms with van der Waals surface area (Å²) in [7, 11) is 0. The molecule has 0 spiro atoms. The van der Waals surface area contributed by atoms with Crippen molar-refractivity contribution in [3.8, 4) is 0 Å². The minimum absolute atomic E-state index is 0.538. The van der Waals surface area contributed by atoms with Crippen molar-refractivity contribution in [1.82, 2.24) is 0 Å². The van der Waals surface area contributed by atoms with Crippen molar-refractivity contribution in [1.29, 1.82) is 0 Å². The molecule has 0 aromatic carbocycles. The van der Waals surface area contributed by atoms with Crippen molar-refractivity contribution in [3.63, 3.8) is 0 Å². The lowest BCUT2D eigenvalue weighted by molar-refractivity contribution is 0.281. The summed E-state index contributed by atoms with van der Waals surface area (Å²) >= 11 is 0. The second-order valence-corrected chi connectivity index (χ2v) is 9.30. The van der Waals surface area contributed by atoms with Crippen LogP contribution in [0.1, 0.15) is 71.1 Å². The molecule has 22 heavy (non-hydrogen) atoms. The minimum atomic E-state index is 0.538. The standard InChI is InChI=1S/C21H35N/c1-14-11-17-15(2)7-8-19-20(18(17)12-14)21(19,13-22)10-9-16-5-3-4-6-16/h14,16-20H,2-13,22H2,1H3. The highest BCUT2D eigenvalue weighted by Crippen LogP contribution is 2.72. The van der Waals surface area contributed by atoms with Gasteiger partial charge in [0.05, 0.1) is 0 Å². The Hall–Kier alpha value is -0.300. The number of fused-ring (bicyclic) bond motifs is 3. The van der Waals surface area contributed by atoms with E-state index in [-0.39, 0.29) is 0 Å². The van der Waals surface area contributed by atoms with Gasteiger partial charge in [0.2, 0.25) is 0 Å². The maximum absolute atomic E-state index is 6.39. The van der Waals surface area contributed by atoms with Gasteiger partial charge in [-0.25, -0.2) is 0 Å². The molecular weight excluding hydrogens is 266 g/mol. The van der Waals surface area contributed by atoms with Gasteiger partial charge in [0.15, 0.2) is 0 Å². The number of rotatable bonds is 4. The zero-order valence-corrected chi connectivity index (χ0v) is 14.5. The van der Waals surface area contributed by atoms with E-state index >= 15 is 0 Å². The van der Waals surface area contributed by atoms with Gasteiger partial charge in [-0.3, -0.25) is 0 Å². The van der Waals surface area contributed by atoms with Crippen molar-refractivity contribution in [2.24, 2.45) is 46.7 Å². The van der Waals surface area contributed by atoms with Crippen molar-refractivity contribution in [2.75, 3.05) is 6.54 Å². The number of hydrogen-bond donors (Lipinski definition) is 1. The lowest BCUT2D eigenvalue weighted by atomic mass is 9.79. The molecule has 2 N–H and O–H groups in total. The van der Waals surface area contributed by atoms with E-state index in [0.717, 1.165) is 42.1 Å². The van der Waals surface area contributed by atoms with Crippen molar-refractivity contribution < 1.29 is 0 Å². The molecule has 124 valence electrons. The highest BCUT2D eigenvalue weighted by molar-refractivity contribution is 5.22. The minimum Gasteiger partial charge on any atom is -0.330 e. The Morgan fingerprint density at radius 3 is 2.68 bits per heavy atom. The molecular formula is C21H35N. The Morgan fingerprint density at radius 2 is 1.95 bits per heavy atom. The van der Waals surface area contributed by atoms with Gasteiger partial charge in [-0.15, -0.1) is 0 Å². The fourth-order valence-corrected chi connectivity index (χ4v) is 7.04. The quantitative estimate of drug-likeness (QED) is 0.713. The Balaban J connectivity index is 1.49. The van der Waals surface area contributed by atoms with Crippen LogP contribution in [0.4, 0.5) is 0 Å². The van der Waals surface area contributed by atoms with Gasteiger partial charge >= 0.3 is 0 Å². The van der Waals surface area contributed by atoms with Gasteiger partial charge < -0.3 is 5.73 Å². The summed E-state index contributed by atoms with van der Waals surface area (Å²) in [6.45, 7) is 7.88. The summed E-state index contributed by atoms with van der Waals surface area (Å²) in [5.41, 5.74) is 8.52. The van der Waals surface area contributed by atoms with Crippen molar-refractivity contribution >= 4 is 0 Å². The third kappa shape index (κ3) is 2.30. The zero-order valence-electron chi connectivity index (χ0n) is 14.5. The van der Waals surface area contributed by atoms with Crippen molar-refractivity contribution in [2.45, 2.75) is 71.1 Å². The molecule has 4 fully saturated rings. The van der Waals surface area contributed by atoms with Gasteiger partial charge in [0.25, 0.3) is 0 Å². The Bertz CT molecular complexity index is 435. The smallest absolute Gasteiger partial charge is 0.00149 e. The summed E-state index contributed by atoms with van der Waals surface area (Å²) in [5.74, 6) is 5.61. The third-order valence-electron chi connectivity index (χ3n) is 8.21. The molecule has 6 atom stereocenters. The van der Waals surface area contributed by atoms with Crippen LogP contribution < -0.4 is 5.73 Å². The monoisotopic (exact) mass is 301 g/mol. The van der Waals surface area contributed by atoms with E-state index in [1.807, 2.05) is 0 Å². The average molecular weight is 302 g/mol. The van der Waals surface area contributed by atoms with Gasteiger partial charge in [0, 0.05) is 0 Å². The van der Waals surface area contributed by atoms with Crippen LogP contribution in [0.5, 0.6) is 0 Å². The molecule has 0 aromatic heterocycles. The molecule has 6 unspecified atom stereocenters. The van der Waals surface area contributed by atoms with Gasteiger partial charge in [-0.1, -0.05) is 44.8 Å². The maximum atomic E-state index is 6.39. The predicted molar refractivity (Wildman–Crippen MR) is 93.4 cm³/mol. The third-order valence-corrected chi connectivity index (χ3v) is 8.21. The second-order valence-electron chi connectivity index (χ2n) is 9.30. The highest BCUT2D eigenvalue weighted by atomic mass is 14.8. The SMILES string of the molecule is C=C1CCC2C(C3CC(C)CC13)C2(CN)CCC1CCCC1. The maximum Gasteiger partial charge on any atom is -0.00149 e. The lowest BCUT2D eigenvalue weighted by Crippen LogP contribution is -2.25. The summed E-state index contributed by atoms with van der Waals surface area (Å²) in [6, 6.07) is 0. The van der Waals surface area contributed by atoms with Crippen LogP contribution in [0.3, 0.4) is 0 Å². The summed E-state index contributed by atoms with van der Waals surface area (Å²) in [6.07, 6.45) is 14.4. The van der Waals surface area contributed by atoms with E-state index in [1.54, 1.807) is 5.57 Å². The molecule has 0 bridgehead atoms. The summed E-state index contributed by atoms with van der Waals surface area (Å²) in [4.78, 5) is 0. The molecule has 4 aliphatic carbocycles. The first-order valence-corrected chi connectivity index (χ1v) is 10.0. The van der Waals surface area contributed by atoms with E-state index in [2.05, 4.69) is 13.5 Å². The van der Waals surface area contributed by atoms with E-state index in [1.165, 1.54) is 64.2 Å². The van der Waals surface area contributed by atoms with E-state index < -0.39 is 0 Å². The molecule has 0 amide bonds. The Labute approximate surface area is 137 Å². The van der Waals surface area contributed by atoms with Crippen LogP contribution in [0.2, 0.25) is 0 Å². The predicted octanol–water partition coefficient (Wildman–Crippen LogP) is 5.16. The first-order chi connectivity index (χ1) is 10.7. The Morgan fingerprint density at radius 1 is 1.18 bits per heavy atom. The molecule has 0 radical (unpaired) electrons. The van der Waals surface area contributed by atoms with Gasteiger partial charge in [-0.2, -0.15) is 0 Å². The van der Waals surface area contributed by atoms with Crippen LogP contribution in [0, 0.1) is 40.9 Å². The molecule has 0 aromatic rings. The molecule has 0 heterocycles. The van der Waals surface area contributed by atoms with Crippen LogP contribution >= 0.6 is 0 Å². The number of hydrogen-bond acceptors (Lipinski definition) is 1. The van der Waals surface area contributed by atoms with Gasteiger partial charge in [-0.05, 0) is 86.0 Å². The first kappa shape index (κ1) is 15.2. The molecule has 0 saturated heterocycles. The fourth-order valence-electron chi connectivity index (χ4n) is 7.04. The molecule has 4 rings (SSSR count). The molecule has 1 nitrogen and oxygen atoms in total. The average Bonchev–Trinajstić information content (AvgIpc) is 2.84. The largest absolute Gasteiger partial charge is 0.330 e. The molecule has 4 saturated carbocycles. The highest BCUT2D eigenvalue weighted by Gasteiger charge is 2.67. The van der Waals surface area contributed by atoms with Gasteiger partial charge in [0.1, 0.15) is 0 Å². The zero-order chi connectivity index (χ0) is 15.3. The van der Waals surface area contributed by atoms with Crippen LogP contribution in [0.15, 0.2) is 12.2 Å².